The topological polar surface area (TPSA) is 407 Å². The molecule has 8 heterocycles. The van der Waals surface area contributed by atoms with Crippen molar-refractivity contribution >= 4 is 148 Å². The Hall–Kier alpha value is -14.9. The fraction of sp³-hybridized carbons (Fsp3) is 0.362. The first-order valence-corrected chi connectivity index (χ1v) is 58.9. The number of ether oxygens (including phenoxy) is 7. The molecule has 0 aromatic heterocycles. The van der Waals surface area contributed by atoms with Crippen LogP contribution in [0, 0.1) is 25.7 Å². The Morgan fingerprint density at radius 3 is 1.11 bits per heavy atom. The van der Waals surface area contributed by atoms with Gasteiger partial charge in [0.1, 0.15) is 37.9 Å². The second-order valence-electron chi connectivity index (χ2n) is 39.5. The van der Waals surface area contributed by atoms with Crippen molar-refractivity contribution in [2.75, 3.05) is 51.6 Å². The number of rotatable bonds is 36. The van der Waals surface area contributed by atoms with E-state index in [9.17, 15) is 57.5 Å². The van der Waals surface area contributed by atoms with Crippen LogP contribution < -0.4 is 69.3 Å². The number of benzene rings is 10. The number of amides is 8. The van der Waals surface area contributed by atoms with E-state index >= 15 is 0 Å². The van der Waals surface area contributed by atoms with Crippen molar-refractivity contribution in [1.82, 2.24) is 10.6 Å². The van der Waals surface area contributed by atoms with E-state index < -0.39 is 61.5 Å². The molecule has 0 bridgehead atoms. The molecule has 8 atom stereocenters. The van der Waals surface area contributed by atoms with Gasteiger partial charge in [-0.3, -0.25) is 77.3 Å². The molecule has 32 heteroatoms. The minimum absolute atomic E-state index is 0. The Balaban J connectivity index is 0.000000213. The summed E-state index contributed by atoms with van der Waals surface area (Å²) >= 11 is -0.543. The molecule has 8 aliphatic rings. The second kappa shape index (κ2) is 48.2. The average Bonchev–Trinajstić information content (AvgIpc) is 1.62. The van der Waals surface area contributed by atoms with Crippen molar-refractivity contribution < 1.29 is 101 Å². The van der Waals surface area contributed by atoms with Crippen molar-refractivity contribution in [3.63, 3.8) is 0 Å². The van der Waals surface area contributed by atoms with Crippen LogP contribution in [0.5, 0.6) is 34.5 Å². The molecular weight excluding hydrogens is 1990 g/mol. The number of nitrogens with zero attached hydrogens (tertiary/aromatic N) is 6. The number of unbranched alkanes of at least 4 members (excludes halogenated alkanes) is 2. The van der Waals surface area contributed by atoms with Gasteiger partial charge in [0.25, 0.3) is 23.6 Å². The van der Waals surface area contributed by atoms with Crippen LogP contribution in [-0.4, -0.2) is 171 Å². The van der Waals surface area contributed by atoms with Gasteiger partial charge in [-0.15, -0.1) is 0 Å². The van der Waals surface area contributed by atoms with E-state index in [1.54, 1.807) is 98.5 Å². The van der Waals surface area contributed by atoms with Gasteiger partial charge in [-0.05, 0) is 256 Å². The Morgan fingerprint density at radius 1 is 0.405 bits per heavy atom. The molecule has 7 N–H and O–H groups in total. The number of methoxy groups -OCH3 is 3. The predicted octanol–water partition coefficient (Wildman–Crippen LogP) is 17.9. The number of carbonyl (C=O) groups excluding carboxylic acids is 11. The van der Waals surface area contributed by atoms with E-state index in [2.05, 4.69) is 53.0 Å². The van der Waals surface area contributed by atoms with Gasteiger partial charge in [0.15, 0.2) is 34.6 Å². The first-order chi connectivity index (χ1) is 70.7. The molecule has 771 valence electrons. The van der Waals surface area contributed by atoms with Crippen molar-refractivity contribution in [2.45, 2.75) is 235 Å². The van der Waals surface area contributed by atoms with E-state index in [4.69, 9.17) is 43.5 Å². The van der Waals surface area contributed by atoms with Gasteiger partial charge < -0.3 is 74.8 Å². The van der Waals surface area contributed by atoms with Crippen LogP contribution in [0.15, 0.2) is 192 Å². The number of aryl methyl sites for hydroxylation is 4. The number of para-hydroxylation sites is 4. The van der Waals surface area contributed by atoms with Gasteiger partial charge >= 0.3 is 46.5 Å². The fourth-order valence-corrected chi connectivity index (χ4v) is 20.1. The molecule has 10 aromatic carbocycles. The Kier molecular flexibility index (Phi) is 35.0. The quantitative estimate of drug-likeness (QED) is 0.0138. The molecule has 1 radical (unpaired) electrons. The van der Waals surface area contributed by atoms with Crippen molar-refractivity contribution in [1.29, 1.82) is 0 Å². The number of nitrogens with one attached hydrogen (secondary N) is 4. The number of hydrogen-bond acceptors (Lipinski definition) is 21. The Morgan fingerprint density at radius 2 is 0.743 bits per heavy atom. The first-order valence-electron chi connectivity index (χ1n) is 50.3. The zero-order valence-corrected chi connectivity index (χ0v) is 88.4. The molecule has 10 aromatic rings. The Bertz CT molecular complexity index is 6850. The zero-order chi connectivity index (χ0) is 104. The van der Waals surface area contributed by atoms with Gasteiger partial charge in [-0.25, -0.2) is 0 Å². The average molecular weight is 2120 g/mol. The summed E-state index contributed by atoms with van der Waals surface area (Å²) in [4.78, 5) is 181. The number of Topliss-reactive ketones (excluding diaryl/α,β-unsaturated/α-hetero) is 2. The van der Waals surface area contributed by atoms with Crippen LogP contribution in [0.25, 0.3) is 0 Å². The number of carboxylic acids is 1. The minimum atomic E-state index is -0.933. The second-order valence-corrected chi connectivity index (χ2v) is 48.1. The number of fused-ring (bicyclic) bond motifs is 16. The van der Waals surface area contributed by atoms with Gasteiger partial charge in [0.05, 0.1) is 68.0 Å². The fourth-order valence-electron chi connectivity index (χ4n) is 20.1. The molecule has 0 saturated carbocycles. The number of aliphatic carboxylic acids is 1. The maximum absolute atomic E-state index is 14.1. The summed E-state index contributed by atoms with van der Waals surface area (Å²) in [5, 5.41) is 20.2. The third-order valence-corrected chi connectivity index (χ3v) is 27.8. The number of esters is 1. The van der Waals surface area contributed by atoms with Crippen LogP contribution in [0.1, 0.15) is 213 Å². The van der Waals surface area contributed by atoms with Gasteiger partial charge in [-0.2, -0.15) is 0 Å². The van der Waals surface area contributed by atoms with Crippen LogP contribution in [0.3, 0.4) is 0 Å². The van der Waals surface area contributed by atoms with Crippen molar-refractivity contribution in [3.8, 4) is 34.5 Å². The molecule has 148 heavy (non-hydrogen) atoms. The number of aliphatic imine (C=N–C) groups is 2. The molecule has 0 spiro atoms. The Labute approximate surface area is 868 Å². The maximum atomic E-state index is 14.1. The van der Waals surface area contributed by atoms with Gasteiger partial charge in [0.2, 0.25) is 23.6 Å². The summed E-state index contributed by atoms with van der Waals surface area (Å²) in [6.07, 6.45) is 11.5. The predicted molar refractivity (Wildman–Crippen MR) is 568 cm³/mol. The summed E-state index contributed by atoms with van der Waals surface area (Å²) < 4.78 is 42.1. The molecule has 31 nitrogen and oxygen atoms in total. The van der Waals surface area contributed by atoms with E-state index in [1.165, 1.54) is 32.5 Å². The molecule has 0 fully saturated rings. The monoisotopic (exact) mass is 2120 g/mol. The summed E-state index contributed by atoms with van der Waals surface area (Å²) in [7, 11) is 4.33. The van der Waals surface area contributed by atoms with E-state index in [0.717, 1.165) is 88.2 Å². The van der Waals surface area contributed by atoms with E-state index in [1.807, 2.05) is 145 Å². The molecule has 0 aliphatic carbocycles. The standard InChI is InChI=1S/C57H59N5O10.C56H57N5O10.3CH3.H2O.Sn/c1-33-20-44-38(18-19-42-25-39-12-6-8-14-47(39)61(42)56(44)67)27-50(33)71-31-36-22-37(24-41(23-36)60-55(66)34(2)21-49(63)35(3)59-53(64)16-10-11-17-54(65)70-5)32-72-52-29-46-45(28-51(52)69-4)57(68)62-43(30-58-46)26-40-13-7-9-15-48(40)62;1-32-19-43-37(17-18-41-24-38-11-5-7-13-46(38)60(41)55(43)67)26-49(32)70-30-35-21-36(23-40(22-35)59-54(66)33(2)20-48(62)34(3)58-52(63)15-9-10-16-53(64)65)31-71-51-28-45-44(27-50(51)69-4)56(68)61-42(29-57-45)25-39-12-6-8-14-47(39)61;;;;;/h6-9,12-15,20,22-24,27-30,34-35,42-43H,10-11,16-19,21,25-26,31-32H2,1-5H3,(H,59,64)(H,60,66);5-8,11-14,19,21-23,26-29,33-34,41-42H,9-10,15-18,20,24-25,30-31H2,1-4H3,(H,58,63)(H,59,66)(H,64,65);3*1H3;1H2;/t34-,35+,42-,43+;33-,34+,41-,42+;;;;;/m11...../s1. The number of carbonyl (C=O) groups is 12. The van der Waals surface area contributed by atoms with Crippen molar-refractivity contribution in [2.24, 2.45) is 21.8 Å². The van der Waals surface area contributed by atoms with Gasteiger partial charge in [-0.1, -0.05) is 86.6 Å². The molecule has 8 aliphatic heterocycles. The number of carboxylic acid groups (broad SMARTS) is 1. The van der Waals surface area contributed by atoms with Crippen LogP contribution in [0.4, 0.5) is 45.5 Å². The normalized spacial score (nSPS) is 16.6. The number of hydrogen-bond donors (Lipinski definition) is 5. The third kappa shape index (κ3) is 25.2. The number of ketones is 2. The van der Waals surface area contributed by atoms with Gasteiger partial charge in [0, 0.05) is 145 Å². The molecule has 0 unspecified atom stereocenters. The SMILES string of the molecule is COC(=O)CCCCC(=O)N[C@@H](C)C(=O)C[C@@H](C)C(=O)Nc1cc(COc2cc3c(cc2C)C(=O)N2c4ccccc4C[C@H]2CC3)cc(COc2cc3c(cc2OC)C(=O)N2c4ccccc4C[C@H]2C=N3)c1.COc1cc2c(cc1OCc1cc(COc3cc4c(cc3C)C(=O)N3c5ccccc5C[C@H]3CC4)cc(NC(=O)[C@H](C)CC(=O)[C@H](C)NC(=O)CCCCC(=O)O)c1)N=C[C@@H]1Cc3ccccc3N1C2=O.O.[CH3][Sn]([CH3])[CH3]. The molecule has 8 amide bonds. The molecule has 0 saturated heterocycles. The van der Waals surface area contributed by atoms with Crippen LogP contribution in [0.2, 0.25) is 14.8 Å². The summed E-state index contributed by atoms with van der Waals surface area (Å²) in [6, 6.07) is 55.4. The third-order valence-electron chi connectivity index (χ3n) is 27.8. The zero-order valence-electron chi connectivity index (χ0n) is 85.5. The summed E-state index contributed by atoms with van der Waals surface area (Å²) in [5.41, 5.74) is 18.3. The molecular formula is C116H127N10O21Sn. The summed E-state index contributed by atoms with van der Waals surface area (Å²) in [5.74, 6) is -2.60. The first kappa shape index (κ1) is 107. The van der Waals surface area contributed by atoms with E-state index in [-0.39, 0.29) is 148 Å². The van der Waals surface area contributed by atoms with Crippen LogP contribution in [-0.2, 0) is 108 Å². The summed E-state index contributed by atoms with van der Waals surface area (Å²) in [6.45, 7) is 10.6. The van der Waals surface area contributed by atoms with E-state index in [0.29, 0.717) is 147 Å². The van der Waals surface area contributed by atoms with Crippen LogP contribution >= 0.6 is 0 Å². The molecule has 18 rings (SSSR count). The number of anilines is 6. The van der Waals surface area contributed by atoms with Crippen molar-refractivity contribution in [3.05, 3.63) is 271 Å².